The molecule has 0 bridgehead atoms. The van der Waals surface area contributed by atoms with Crippen molar-refractivity contribution in [3.63, 3.8) is 0 Å². The van der Waals surface area contributed by atoms with Crippen molar-refractivity contribution in [2.24, 2.45) is 0 Å². The second-order valence-corrected chi connectivity index (χ2v) is 8.95. The van der Waals surface area contributed by atoms with Crippen molar-refractivity contribution >= 4 is 34.5 Å². The highest BCUT2D eigenvalue weighted by Gasteiger charge is 2.32. The fourth-order valence-corrected chi connectivity index (χ4v) is 5.58. The first-order valence-corrected chi connectivity index (χ1v) is 10.9. The zero-order valence-corrected chi connectivity index (χ0v) is 16.6. The average molecular weight is 391 g/mol. The van der Waals surface area contributed by atoms with Gasteiger partial charge < -0.3 is 14.7 Å². The van der Waals surface area contributed by atoms with E-state index in [0.29, 0.717) is 38.8 Å². The topological polar surface area (TPSA) is 45.1 Å². The van der Waals surface area contributed by atoms with E-state index in [4.69, 9.17) is 0 Å². The van der Waals surface area contributed by atoms with Gasteiger partial charge in [0.2, 0.25) is 0 Å². The molecule has 0 aromatic carbocycles. The Morgan fingerprint density at radius 3 is 2.62 bits per heavy atom. The van der Waals surface area contributed by atoms with Crippen molar-refractivity contribution in [1.29, 1.82) is 0 Å². The maximum atomic E-state index is 12.8. The van der Waals surface area contributed by atoms with E-state index in [-0.39, 0.29) is 11.8 Å². The van der Waals surface area contributed by atoms with Crippen LogP contribution in [-0.4, -0.2) is 60.9 Å². The van der Waals surface area contributed by atoms with Gasteiger partial charge in [-0.3, -0.25) is 9.59 Å². The number of hydrogen-bond donors (Lipinski definition) is 1. The van der Waals surface area contributed by atoms with Crippen LogP contribution in [0.2, 0.25) is 0 Å². The molecule has 1 fully saturated rings. The number of rotatable bonds is 3. The molecule has 0 radical (unpaired) electrons. The second-order valence-electron chi connectivity index (χ2n) is 7.01. The van der Waals surface area contributed by atoms with Crippen LogP contribution in [0.1, 0.15) is 33.1 Å². The van der Waals surface area contributed by atoms with Crippen LogP contribution in [0, 0.1) is 0 Å². The second kappa shape index (κ2) is 7.50. The lowest BCUT2D eigenvalue weighted by molar-refractivity contribution is -0.924. The van der Waals surface area contributed by atoms with Crippen LogP contribution >= 0.6 is 22.7 Å². The van der Waals surface area contributed by atoms with Gasteiger partial charge in [0.1, 0.15) is 6.04 Å². The lowest BCUT2D eigenvalue weighted by Crippen LogP contribution is -3.14. The average Bonchev–Trinajstić information content (AvgIpc) is 3.35. The molecule has 2 atom stereocenters. The van der Waals surface area contributed by atoms with Crippen LogP contribution in [-0.2, 0) is 11.2 Å². The van der Waals surface area contributed by atoms with E-state index in [0.717, 1.165) is 17.8 Å². The van der Waals surface area contributed by atoms with E-state index >= 15 is 0 Å². The van der Waals surface area contributed by atoms with E-state index in [2.05, 4.69) is 18.4 Å². The fourth-order valence-electron chi connectivity index (χ4n) is 3.91. The van der Waals surface area contributed by atoms with E-state index < -0.39 is 0 Å². The molecule has 5 nitrogen and oxygen atoms in total. The number of piperazine rings is 1. The molecule has 2 amide bonds. The minimum atomic E-state index is 0.0902. The summed E-state index contributed by atoms with van der Waals surface area (Å²) in [6, 6.07) is 6.36. The van der Waals surface area contributed by atoms with Gasteiger partial charge in [0.05, 0.1) is 11.4 Å². The quantitative estimate of drug-likeness (QED) is 0.859. The van der Waals surface area contributed by atoms with Crippen molar-refractivity contribution in [3.05, 3.63) is 44.3 Å². The number of nitrogens with one attached hydrogen (secondary N) is 1. The Morgan fingerprint density at radius 1 is 1.12 bits per heavy atom. The summed E-state index contributed by atoms with van der Waals surface area (Å²) >= 11 is 3.31. The van der Waals surface area contributed by atoms with Crippen molar-refractivity contribution in [2.45, 2.75) is 19.4 Å². The number of nitrogens with zero attached hydrogens (tertiary/aromatic N) is 2. The Bertz CT molecular complexity index is 779. The molecule has 2 aliphatic heterocycles. The summed E-state index contributed by atoms with van der Waals surface area (Å²) in [4.78, 5) is 32.6. The zero-order chi connectivity index (χ0) is 18.1. The molecule has 0 saturated carbocycles. The highest BCUT2D eigenvalue weighted by molar-refractivity contribution is 7.12. The maximum absolute atomic E-state index is 12.8. The number of amides is 2. The van der Waals surface area contributed by atoms with Gasteiger partial charge >= 0.3 is 0 Å². The summed E-state index contributed by atoms with van der Waals surface area (Å²) in [5.41, 5.74) is 1.41. The van der Waals surface area contributed by atoms with Crippen molar-refractivity contribution in [3.8, 4) is 0 Å². The Morgan fingerprint density at radius 2 is 1.88 bits per heavy atom. The smallest absolute Gasteiger partial charge is 0.277 e. The summed E-state index contributed by atoms with van der Waals surface area (Å²) in [5.74, 6) is 0.307. The van der Waals surface area contributed by atoms with Crippen LogP contribution in [0.15, 0.2) is 29.0 Å². The number of carbonyl (C=O) groups excluding carboxylic acids is 2. The van der Waals surface area contributed by atoms with Crippen molar-refractivity contribution in [1.82, 2.24) is 9.80 Å². The molecule has 0 aliphatic carbocycles. The Labute approximate surface area is 161 Å². The van der Waals surface area contributed by atoms with Gasteiger partial charge in [0.15, 0.2) is 6.54 Å². The van der Waals surface area contributed by atoms with Crippen LogP contribution in [0.4, 0.5) is 0 Å². The molecule has 2 aliphatic rings. The van der Waals surface area contributed by atoms with Crippen LogP contribution in [0.5, 0.6) is 0 Å². The van der Waals surface area contributed by atoms with Gasteiger partial charge in [-0.25, -0.2) is 0 Å². The molecule has 1 unspecified atom stereocenters. The number of fused-ring (bicyclic) bond motifs is 1. The van der Waals surface area contributed by atoms with Gasteiger partial charge in [0.25, 0.3) is 11.8 Å². The summed E-state index contributed by atoms with van der Waals surface area (Å²) in [6.45, 7) is 6.34. The first kappa shape index (κ1) is 17.7. The molecule has 26 heavy (non-hydrogen) atoms. The molecule has 4 rings (SSSR count). The normalized spacial score (nSPS) is 23.0. The van der Waals surface area contributed by atoms with Gasteiger partial charge in [-0.2, -0.15) is 0 Å². The highest BCUT2D eigenvalue weighted by atomic mass is 32.1. The lowest BCUT2D eigenvalue weighted by atomic mass is 10.0. The van der Waals surface area contributed by atoms with Gasteiger partial charge in [-0.15, -0.1) is 22.7 Å². The van der Waals surface area contributed by atoms with Crippen LogP contribution in [0.3, 0.4) is 0 Å². The monoisotopic (exact) mass is 390 g/mol. The van der Waals surface area contributed by atoms with Gasteiger partial charge in [0, 0.05) is 43.0 Å². The van der Waals surface area contributed by atoms with Gasteiger partial charge in [-0.05, 0) is 29.8 Å². The third-order valence-electron chi connectivity index (χ3n) is 5.56. The predicted octanol–water partition coefficient (Wildman–Crippen LogP) is 1.30. The molecule has 138 valence electrons. The third kappa shape index (κ3) is 3.43. The first-order chi connectivity index (χ1) is 12.6. The molecule has 2 aromatic rings. The first-order valence-electron chi connectivity index (χ1n) is 9.15. The number of quaternary nitrogens is 1. The number of hydrogen-bond acceptors (Lipinski definition) is 4. The molecule has 7 heteroatoms. The molecule has 1 saturated heterocycles. The zero-order valence-electron chi connectivity index (χ0n) is 14.9. The fraction of sp³-hybridized carbons (Fsp3) is 0.474. The minimum Gasteiger partial charge on any atom is -0.334 e. The standard InChI is InChI=1S/C19H23N3O2S2/c1-14-15-5-12-26-16(15)4-6-22(14)13-18(23)20-7-9-21(10-8-20)19(24)17-3-2-11-25-17/h2-3,5,11-12,14H,4,6-10,13H2,1H3/p+1/t14-/m0/s1. The Balaban J connectivity index is 1.31. The van der Waals surface area contributed by atoms with Crippen LogP contribution in [0.25, 0.3) is 0 Å². The SMILES string of the molecule is C[C@H]1c2ccsc2CC[NH+]1CC(=O)N1CCN(C(=O)c2cccs2)CC1. The molecule has 0 spiro atoms. The molecular weight excluding hydrogens is 366 g/mol. The lowest BCUT2D eigenvalue weighted by Gasteiger charge is -2.36. The van der Waals surface area contributed by atoms with E-state index in [1.165, 1.54) is 26.7 Å². The van der Waals surface area contributed by atoms with Gasteiger partial charge in [-0.1, -0.05) is 6.07 Å². The summed E-state index contributed by atoms with van der Waals surface area (Å²) in [5, 5.41) is 4.09. The van der Waals surface area contributed by atoms with Crippen LogP contribution < -0.4 is 4.90 Å². The molecular formula is C19H24N3O2S2+. The third-order valence-corrected chi connectivity index (χ3v) is 7.42. The molecule has 1 N–H and O–H groups in total. The highest BCUT2D eigenvalue weighted by Crippen LogP contribution is 2.24. The van der Waals surface area contributed by atoms with E-state index in [1.807, 2.05) is 38.6 Å². The summed E-state index contributed by atoms with van der Waals surface area (Å²) < 4.78 is 0. The molecule has 4 heterocycles. The largest absolute Gasteiger partial charge is 0.334 e. The molecule has 2 aromatic heterocycles. The maximum Gasteiger partial charge on any atom is 0.277 e. The van der Waals surface area contributed by atoms with Crippen molar-refractivity contribution < 1.29 is 14.5 Å². The Hall–Kier alpha value is -1.70. The number of thiophene rings is 2. The Kier molecular flexibility index (Phi) is 5.11. The van der Waals surface area contributed by atoms with E-state index in [9.17, 15) is 9.59 Å². The van der Waals surface area contributed by atoms with Crippen molar-refractivity contribution in [2.75, 3.05) is 39.3 Å². The summed E-state index contributed by atoms with van der Waals surface area (Å²) in [6.07, 6.45) is 1.07. The predicted molar refractivity (Wildman–Crippen MR) is 104 cm³/mol. The summed E-state index contributed by atoms with van der Waals surface area (Å²) in [7, 11) is 0. The van der Waals surface area contributed by atoms with E-state index in [1.54, 1.807) is 0 Å². The number of carbonyl (C=O) groups is 2. The minimum absolute atomic E-state index is 0.0902.